The van der Waals surface area contributed by atoms with Crippen LogP contribution in [0.1, 0.15) is 303 Å². The molecule has 0 aliphatic heterocycles. The van der Waals surface area contributed by atoms with E-state index in [1.807, 2.05) is 27.2 Å². The summed E-state index contributed by atoms with van der Waals surface area (Å²) >= 11 is 0. The number of nitrogens with zero attached hydrogens (tertiary/aromatic N) is 1. The van der Waals surface area contributed by atoms with Crippen LogP contribution in [0.25, 0.3) is 0 Å². The van der Waals surface area contributed by atoms with Crippen molar-refractivity contribution in [3.63, 3.8) is 0 Å². The second-order valence-corrected chi connectivity index (χ2v) is 23.9. The normalized spacial score (nSPS) is 14.1. The second-order valence-electron chi connectivity index (χ2n) is 22.4. The number of allylic oxidation sites excluding steroid dienone is 5. The van der Waals surface area contributed by atoms with Gasteiger partial charge in [-0.2, -0.15) is 0 Å². The number of phosphoric ester groups is 1. The van der Waals surface area contributed by atoms with E-state index >= 15 is 0 Å². The van der Waals surface area contributed by atoms with Crippen LogP contribution in [-0.4, -0.2) is 73.4 Å². The van der Waals surface area contributed by atoms with Crippen LogP contribution < -0.4 is 5.32 Å². The summed E-state index contributed by atoms with van der Waals surface area (Å²) in [6, 6.07) is -0.863. The number of carbonyl (C=O) groups excluding carboxylic acids is 1. The number of likely N-dealkylation sites (N-methyl/N-ethyl adjacent to an activating group) is 1. The lowest BCUT2D eigenvalue weighted by atomic mass is 10.0. The fraction of sp³-hybridized carbons (Fsp3) is 0.887. The molecule has 0 saturated carbocycles. The quantitative estimate of drug-likeness (QED) is 0.0243. The zero-order valence-electron chi connectivity index (χ0n) is 48.0. The molecule has 0 bridgehead atoms. The second kappa shape index (κ2) is 53.5. The van der Waals surface area contributed by atoms with Crippen molar-refractivity contribution in [1.82, 2.24) is 5.32 Å². The molecule has 3 unspecified atom stereocenters. The highest BCUT2D eigenvalue weighted by Gasteiger charge is 2.27. The summed E-state index contributed by atoms with van der Waals surface area (Å²) in [5, 5.41) is 13.9. The zero-order valence-corrected chi connectivity index (χ0v) is 48.9. The monoisotopic (exact) mass is 1020 g/mol. The summed E-state index contributed by atoms with van der Waals surface area (Å²) < 4.78 is 23.7. The Morgan fingerprint density at radius 1 is 0.465 bits per heavy atom. The molecule has 0 heterocycles. The van der Waals surface area contributed by atoms with Crippen molar-refractivity contribution < 1.29 is 32.9 Å². The molecule has 0 aromatic heterocycles. The van der Waals surface area contributed by atoms with Gasteiger partial charge in [0, 0.05) is 6.42 Å². The molecule has 1 amide bonds. The van der Waals surface area contributed by atoms with Gasteiger partial charge >= 0.3 is 7.82 Å². The van der Waals surface area contributed by atoms with Gasteiger partial charge in [0.05, 0.1) is 39.9 Å². The lowest BCUT2D eigenvalue weighted by molar-refractivity contribution is -0.870. The van der Waals surface area contributed by atoms with Gasteiger partial charge in [-0.25, -0.2) is 4.57 Å². The van der Waals surface area contributed by atoms with Gasteiger partial charge < -0.3 is 19.8 Å². The van der Waals surface area contributed by atoms with E-state index in [0.29, 0.717) is 17.4 Å². The van der Waals surface area contributed by atoms with Crippen LogP contribution in [-0.2, 0) is 18.4 Å². The fourth-order valence-corrected chi connectivity index (χ4v) is 9.97. The number of unbranched alkanes of at least 4 members (excludes halogenated alkanes) is 40. The largest absolute Gasteiger partial charge is 0.472 e. The van der Waals surface area contributed by atoms with E-state index in [2.05, 4.69) is 43.5 Å². The molecule has 0 aromatic rings. The van der Waals surface area contributed by atoms with Crippen molar-refractivity contribution in [1.29, 1.82) is 0 Å². The number of carbonyl (C=O) groups is 1. The number of hydrogen-bond donors (Lipinski definition) is 3. The highest BCUT2D eigenvalue weighted by Crippen LogP contribution is 2.43. The van der Waals surface area contributed by atoms with Gasteiger partial charge in [-0.1, -0.05) is 275 Å². The van der Waals surface area contributed by atoms with Crippen LogP contribution >= 0.6 is 7.82 Å². The molecular weight excluding hydrogens is 900 g/mol. The first kappa shape index (κ1) is 69.7. The summed E-state index contributed by atoms with van der Waals surface area (Å²) in [6.45, 7) is 4.84. The Balaban J connectivity index is 4.12. The van der Waals surface area contributed by atoms with Crippen LogP contribution in [0.15, 0.2) is 36.5 Å². The highest BCUT2D eigenvalue weighted by molar-refractivity contribution is 7.47. The molecule has 0 radical (unpaired) electrons. The van der Waals surface area contributed by atoms with Crippen molar-refractivity contribution in [2.75, 3.05) is 40.9 Å². The van der Waals surface area contributed by atoms with E-state index in [-0.39, 0.29) is 19.1 Å². The molecule has 9 heteroatoms. The summed E-state index contributed by atoms with van der Waals surface area (Å²) in [5.41, 5.74) is 0. The number of aliphatic hydroxyl groups is 1. The number of quaternary nitrogens is 1. The summed E-state index contributed by atoms with van der Waals surface area (Å²) in [5.74, 6) is -0.182. The Bertz CT molecular complexity index is 1250. The third kappa shape index (κ3) is 56.3. The topological polar surface area (TPSA) is 105 Å². The summed E-state index contributed by atoms with van der Waals surface area (Å²) in [6.07, 6.45) is 69.8. The van der Waals surface area contributed by atoms with E-state index < -0.39 is 20.0 Å². The van der Waals surface area contributed by atoms with Gasteiger partial charge in [-0.15, -0.1) is 0 Å². The Labute approximate surface area is 442 Å². The number of aliphatic hydroxyl groups excluding tert-OH is 1. The van der Waals surface area contributed by atoms with E-state index in [9.17, 15) is 19.4 Å². The van der Waals surface area contributed by atoms with Crippen LogP contribution in [0.2, 0.25) is 0 Å². The minimum atomic E-state index is -4.35. The Kier molecular flexibility index (Phi) is 52.6. The number of amides is 1. The van der Waals surface area contributed by atoms with Gasteiger partial charge in [-0.05, 0) is 57.8 Å². The number of phosphoric acid groups is 1. The van der Waals surface area contributed by atoms with Crippen molar-refractivity contribution in [2.45, 2.75) is 315 Å². The van der Waals surface area contributed by atoms with Crippen LogP contribution in [0.5, 0.6) is 0 Å². The molecule has 0 aliphatic rings. The van der Waals surface area contributed by atoms with E-state index in [4.69, 9.17) is 9.05 Å². The average molecular weight is 1020 g/mol. The lowest BCUT2D eigenvalue weighted by Gasteiger charge is -2.25. The summed E-state index contributed by atoms with van der Waals surface area (Å²) in [4.78, 5) is 23.3. The van der Waals surface area contributed by atoms with Crippen molar-refractivity contribution >= 4 is 13.7 Å². The molecule has 3 atom stereocenters. The van der Waals surface area contributed by atoms with Crippen molar-refractivity contribution in [3.8, 4) is 0 Å². The van der Waals surface area contributed by atoms with Crippen molar-refractivity contribution in [2.24, 2.45) is 0 Å². The molecule has 0 rings (SSSR count). The lowest BCUT2D eigenvalue weighted by Crippen LogP contribution is -2.45. The van der Waals surface area contributed by atoms with E-state index in [0.717, 1.165) is 38.5 Å². The third-order valence-electron chi connectivity index (χ3n) is 14.1. The smallest absolute Gasteiger partial charge is 0.387 e. The molecule has 71 heavy (non-hydrogen) atoms. The van der Waals surface area contributed by atoms with Crippen LogP contribution in [0, 0.1) is 0 Å². The van der Waals surface area contributed by atoms with E-state index in [1.54, 1.807) is 6.08 Å². The zero-order chi connectivity index (χ0) is 52.0. The first-order valence-corrected chi connectivity index (χ1v) is 32.4. The highest BCUT2D eigenvalue weighted by atomic mass is 31.2. The predicted octanol–water partition coefficient (Wildman–Crippen LogP) is 18.9. The molecule has 0 aliphatic carbocycles. The first-order valence-electron chi connectivity index (χ1n) is 30.9. The van der Waals surface area contributed by atoms with E-state index in [1.165, 1.54) is 244 Å². The molecule has 0 spiro atoms. The van der Waals surface area contributed by atoms with Gasteiger partial charge in [0.2, 0.25) is 5.91 Å². The van der Waals surface area contributed by atoms with Crippen LogP contribution in [0.4, 0.5) is 0 Å². The average Bonchev–Trinajstić information content (AvgIpc) is 3.33. The minimum Gasteiger partial charge on any atom is -0.387 e. The minimum absolute atomic E-state index is 0.0573. The Morgan fingerprint density at radius 2 is 0.775 bits per heavy atom. The first-order chi connectivity index (χ1) is 34.5. The van der Waals surface area contributed by atoms with Gasteiger partial charge in [-0.3, -0.25) is 13.8 Å². The predicted molar refractivity (Wildman–Crippen MR) is 309 cm³/mol. The maximum atomic E-state index is 13.0. The fourth-order valence-electron chi connectivity index (χ4n) is 9.23. The molecule has 0 aromatic carbocycles. The molecule has 420 valence electrons. The Hall–Kier alpha value is -1.28. The van der Waals surface area contributed by atoms with Gasteiger partial charge in [0.25, 0.3) is 0 Å². The molecule has 8 nitrogen and oxygen atoms in total. The SMILES string of the molecule is CCCCCCCCCCCCCC/C=C\CCCCCCCCCCCCCCCCC(=O)NC(COP(=O)(O)OCC[N+](C)(C)C)C(O)/C=C/CC/C=C/CCCCCCCCCCCCCCC. The number of rotatable bonds is 57. The Morgan fingerprint density at radius 3 is 1.13 bits per heavy atom. The number of hydrogen-bond acceptors (Lipinski definition) is 5. The van der Waals surface area contributed by atoms with Crippen molar-refractivity contribution in [3.05, 3.63) is 36.5 Å². The maximum Gasteiger partial charge on any atom is 0.472 e. The standard InChI is InChI=1S/C62H121N2O6P/c1-6-8-10-12-14-16-18-20-22-24-26-27-28-29-30-31-32-33-34-35-36-38-40-42-44-46-48-50-52-54-56-62(66)63-60(59-70-71(67,68)69-58-57-64(3,4)5)61(65)55-53-51-49-47-45-43-41-39-37-25-23-21-19-17-15-13-11-9-7-2/h29-30,45,47,53,55,60-61,65H,6-28,31-44,46,48-52,54,56-59H2,1-5H3,(H-,63,66,67,68)/p+1/b30-29-,47-45+,55-53+. The third-order valence-corrected chi connectivity index (χ3v) is 15.1. The van der Waals surface area contributed by atoms with Gasteiger partial charge in [0.1, 0.15) is 13.2 Å². The molecule has 0 fully saturated rings. The van der Waals surface area contributed by atoms with Gasteiger partial charge in [0.15, 0.2) is 0 Å². The number of nitrogens with one attached hydrogen (secondary N) is 1. The molecule has 0 saturated heterocycles. The maximum absolute atomic E-state index is 13.0. The molecular formula is C62H122N2O6P+. The summed E-state index contributed by atoms with van der Waals surface area (Å²) in [7, 11) is 1.56. The van der Waals surface area contributed by atoms with Crippen LogP contribution in [0.3, 0.4) is 0 Å². The molecule has 3 N–H and O–H groups in total.